The normalized spacial score (nSPS) is 25.4. The highest BCUT2D eigenvalue weighted by atomic mass is 35.5. The van der Waals surface area contributed by atoms with Crippen LogP contribution in [-0.2, 0) is 0 Å². The van der Waals surface area contributed by atoms with Gasteiger partial charge in [-0.3, -0.25) is 0 Å². The maximum Gasteiger partial charge on any atom is 0.0474 e. The summed E-state index contributed by atoms with van der Waals surface area (Å²) in [5.74, 6) is 0.536. The van der Waals surface area contributed by atoms with Crippen LogP contribution >= 0.6 is 11.6 Å². The van der Waals surface area contributed by atoms with Gasteiger partial charge in [0.15, 0.2) is 0 Å². The number of rotatable bonds is 1. The summed E-state index contributed by atoms with van der Waals surface area (Å²) in [4.78, 5) is 0. The SMILES string of the molecule is ClCC1=C\C=C/C=C\C=C/C=C\C=C1. The van der Waals surface area contributed by atoms with Crippen LogP contribution in [0.2, 0.25) is 0 Å². The molecule has 0 fully saturated rings. The van der Waals surface area contributed by atoms with Gasteiger partial charge in [0.25, 0.3) is 0 Å². The van der Waals surface area contributed by atoms with Crippen molar-refractivity contribution in [3.63, 3.8) is 0 Å². The summed E-state index contributed by atoms with van der Waals surface area (Å²) < 4.78 is 0. The number of halogens is 1. The van der Waals surface area contributed by atoms with E-state index in [9.17, 15) is 0 Å². The molecule has 14 heavy (non-hydrogen) atoms. The minimum atomic E-state index is 0.536. The van der Waals surface area contributed by atoms with Crippen molar-refractivity contribution < 1.29 is 0 Å². The van der Waals surface area contributed by atoms with E-state index >= 15 is 0 Å². The van der Waals surface area contributed by atoms with Gasteiger partial charge in [-0.1, -0.05) is 66.8 Å². The Balaban J connectivity index is 2.80. The van der Waals surface area contributed by atoms with E-state index < -0.39 is 0 Å². The van der Waals surface area contributed by atoms with Crippen molar-refractivity contribution in [3.05, 3.63) is 72.4 Å². The van der Waals surface area contributed by atoms with E-state index in [-0.39, 0.29) is 0 Å². The van der Waals surface area contributed by atoms with E-state index in [0.717, 1.165) is 5.57 Å². The lowest BCUT2D eigenvalue weighted by Gasteiger charge is -1.91. The molecule has 0 spiro atoms. The molecule has 0 aliphatic heterocycles. The summed E-state index contributed by atoms with van der Waals surface area (Å²) in [6.45, 7) is 0. The van der Waals surface area contributed by atoms with Gasteiger partial charge < -0.3 is 0 Å². The average Bonchev–Trinajstić information content (AvgIpc) is 2.19. The summed E-state index contributed by atoms with van der Waals surface area (Å²) in [6, 6.07) is 0. The van der Waals surface area contributed by atoms with Gasteiger partial charge in [0.05, 0.1) is 0 Å². The van der Waals surface area contributed by atoms with Crippen LogP contribution in [0, 0.1) is 0 Å². The highest BCUT2D eigenvalue weighted by Crippen LogP contribution is 2.01. The van der Waals surface area contributed by atoms with Crippen molar-refractivity contribution in [2.45, 2.75) is 0 Å². The predicted molar refractivity (Wildman–Crippen MR) is 64.5 cm³/mol. The highest BCUT2D eigenvalue weighted by molar-refractivity contribution is 6.19. The molecule has 0 heterocycles. The van der Waals surface area contributed by atoms with Gasteiger partial charge in [0.1, 0.15) is 0 Å². The Kier molecular flexibility index (Phi) is 5.53. The molecule has 0 atom stereocenters. The van der Waals surface area contributed by atoms with Crippen LogP contribution in [0.1, 0.15) is 0 Å². The fraction of sp³-hybridized carbons (Fsp3) is 0.0769. The highest BCUT2D eigenvalue weighted by Gasteiger charge is 1.84. The van der Waals surface area contributed by atoms with Crippen LogP contribution in [0.4, 0.5) is 0 Å². The molecule has 0 nitrogen and oxygen atoms in total. The van der Waals surface area contributed by atoms with Crippen LogP contribution in [0.3, 0.4) is 0 Å². The molecule has 0 aromatic heterocycles. The second kappa shape index (κ2) is 7.16. The zero-order valence-corrected chi connectivity index (χ0v) is 8.69. The first-order valence-electron chi connectivity index (χ1n) is 4.53. The van der Waals surface area contributed by atoms with Gasteiger partial charge >= 0.3 is 0 Å². The number of hydrogen-bond donors (Lipinski definition) is 0. The zero-order chi connectivity index (χ0) is 10.1. The monoisotopic (exact) mass is 204 g/mol. The molecule has 0 aromatic carbocycles. The quantitative estimate of drug-likeness (QED) is 0.568. The molecule has 0 N–H and O–H groups in total. The second-order valence-corrected chi connectivity index (χ2v) is 3.04. The molecule has 72 valence electrons. The Labute approximate surface area is 90.3 Å². The zero-order valence-electron chi connectivity index (χ0n) is 7.94. The minimum Gasteiger partial charge on any atom is -0.122 e. The molecule has 0 saturated heterocycles. The van der Waals surface area contributed by atoms with Gasteiger partial charge in [0, 0.05) is 5.88 Å². The van der Waals surface area contributed by atoms with E-state index in [1.807, 2.05) is 66.8 Å². The molecular formula is C13H13Cl. The number of hydrogen-bond acceptors (Lipinski definition) is 0. The van der Waals surface area contributed by atoms with Crippen molar-refractivity contribution in [1.82, 2.24) is 0 Å². The standard InChI is InChI=1S/C13H13Cl/c14-12-13-10-8-6-4-2-1-3-5-7-9-11-13/h1-11H,12H2/b2-1-,3-1?,4-2?,5-3-,6-4-,7-5?,8-6?,9-7-,10-8?,11-9?,13-10?,13-11?. The first kappa shape index (κ1) is 10.8. The Morgan fingerprint density at radius 3 is 1.79 bits per heavy atom. The lowest BCUT2D eigenvalue weighted by molar-refractivity contribution is 1.53. The first-order chi connectivity index (χ1) is 6.93. The molecule has 0 unspecified atom stereocenters. The predicted octanol–water partition coefficient (Wildman–Crippen LogP) is 3.95. The fourth-order valence-corrected chi connectivity index (χ4v) is 1.13. The Bertz CT molecular complexity index is 325. The van der Waals surface area contributed by atoms with Gasteiger partial charge in [-0.05, 0) is 5.57 Å². The molecule has 1 aliphatic rings. The van der Waals surface area contributed by atoms with E-state index in [2.05, 4.69) is 0 Å². The Hall–Kier alpha value is -1.27. The summed E-state index contributed by atoms with van der Waals surface area (Å²) >= 11 is 5.76. The van der Waals surface area contributed by atoms with Crippen LogP contribution in [-0.4, -0.2) is 5.88 Å². The molecule has 0 radical (unpaired) electrons. The lowest BCUT2D eigenvalue weighted by Crippen LogP contribution is -1.76. The van der Waals surface area contributed by atoms with Crippen molar-refractivity contribution >= 4 is 11.6 Å². The van der Waals surface area contributed by atoms with E-state index in [1.54, 1.807) is 0 Å². The summed E-state index contributed by atoms with van der Waals surface area (Å²) in [7, 11) is 0. The van der Waals surface area contributed by atoms with Crippen LogP contribution in [0.5, 0.6) is 0 Å². The van der Waals surface area contributed by atoms with E-state index in [1.165, 1.54) is 0 Å². The fourth-order valence-electron chi connectivity index (χ4n) is 0.952. The molecule has 1 aliphatic carbocycles. The van der Waals surface area contributed by atoms with Crippen LogP contribution in [0.15, 0.2) is 72.4 Å². The van der Waals surface area contributed by atoms with Crippen molar-refractivity contribution in [3.8, 4) is 0 Å². The Morgan fingerprint density at radius 2 is 1.21 bits per heavy atom. The molecule has 0 saturated carbocycles. The number of alkyl halides is 1. The molecule has 0 bridgehead atoms. The summed E-state index contributed by atoms with van der Waals surface area (Å²) in [5, 5.41) is 0. The topological polar surface area (TPSA) is 0 Å². The first-order valence-corrected chi connectivity index (χ1v) is 5.07. The molecule has 1 heteroatoms. The maximum atomic E-state index is 5.76. The maximum absolute atomic E-state index is 5.76. The summed E-state index contributed by atoms with van der Waals surface area (Å²) in [5.41, 5.74) is 1.10. The van der Waals surface area contributed by atoms with Gasteiger partial charge in [-0.15, -0.1) is 11.6 Å². The third kappa shape index (κ3) is 4.68. The van der Waals surface area contributed by atoms with E-state index in [0.29, 0.717) is 5.88 Å². The van der Waals surface area contributed by atoms with Gasteiger partial charge in [-0.25, -0.2) is 0 Å². The Morgan fingerprint density at radius 1 is 0.714 bits per heavy atom. The number of allylic oxidation sites excluding steroid dienone is 12. The van der Waals surface area contributed by atoms with Crippen LogP contribution < -0.4 is 0 Å². The third-order valence-corrected chi connectivity index (χ3v) is 1.97. The van der Waals surface area contributed by atoms with Gasteiger partial charge in [-0.2, -0.15) is 0 Å². The molecule has 1 rings (SSSR count). The molecular weight excluding hydrogens is 192 g/mol. The lowest BCUT2D eigenvalue weighted by atomic mass is 10.2. The average molecular weight is 205 g/mol. The van der Waals surface area contributed by atoms with Crippen LogP contribution in [0.25, 0.3) is 0 Å². The van der Waals surface area contributed by atoms with E-state index in [4.69, 9.17) is 11.6 Å². The third-order valence-electron chi connectivity index (χ3n) is 1.66. The van der Waals surface area contributed by atoms with Crippen molar-refractivity contribution in [2.75, 3.05) is 5.88 Å². The summed E-state index contributed by atoms with van der Waals surface area (Å²) in [6.07, 6.45) is 21.9. The minimum absolute atomic E-state index is 0.536. The van der Waals surface area contributed by atoms with Crippen molar-refractivity contribution in [1.29, 1.82) is 0 Å². The molecule has 0 amide bonds. The smallest absolute Gasteiger partial charge is 0.0474 e. The molecule has 0 aromatic rings. The second-order valence-electron chi connectivity index (χ2n) is 2.77. The largest absolute Gasteiger partial charge is 0.122 e. The van der Waals surface area contributed by atoms with Gasteiger partial charge in [0.2, 0.25) is 0 Å². The van der Waals surface area contributed by atoms with Crippen molar-refractivity contribution in [2.24, 2.45) is 0 Å².